The predicted octanol–water partition coefficient (Wildman–Crippen LogP) is 5.68. The smallest absolute Gasteiger partial charge is 0.430 e. The highest BCUT2D eigenvalue weighted by atomic mass is 79.9. The second-order valence-corrected chi connectivity index (χ2v) is 11.1. The largest absolute Gasteiger partial charge is 0.617 e. The van der Waals surface area contributed by atoms with E-state index in [9.17, 15) is 14.8 Å². The van der Waals surface area contributed by atoms with E-state index in [4.69, 9.17) is 0 Å². The Kier molecular flexibility index (Phi) is 6.68. The van der Waals surface area contributed by atoms with E-state index in [1.165, 1.54) is 18.3 Å². The molecule has 2 aromatic carbocycles. The molecule has 2 aliphatic rings. The Morgan fingerprint density at radius 3 is 2.36 bits per heavy atom. The van der Waals surface area contributed by atoms with Crippen molar-refractivity contribution >= 4 is 33.5 Å². The van der Waals surface area contributed by atoms with Crippen molar-refractivity contribution < 1.29 is 4.79 Å². The molecule has 1 N–H and O–H groups in total. The average molecular weight is 586 g/mol. The second kappa shape index (κ2) is 10.2. The number of carbonyl (C=O) groups excluding carboxylic acids is 1. The molecule has 2 aliphatic heterocycles. The summed E-state index contributed by atoms with van der Waals surface area (Å²) in [6.07, 6.45) is 4.22. The number of H-pyrrole nitrogens is 1. The number of rotatable bonds is 5. The molecular weight excluding hydrogens is 558 g/mol. The molecule has 1 atom stereocenters. The number of quaternary nitrogens is 1. The minimum absolute atomic E-state index is 0.0804. The van der Waals surface area contributed by atoms with E-state index in [1.807, 2.05) is 66.7 Å². The van der Waals surface area contributed by atoms with Gasteiger partial charge < -0.3 is 10.2 Å². The average Bonchev–Trinajstić information content (AvgIpc) is 3.19. The van der Waals surface area contributed by atoms with Gasteiger partial charge in [-0.1, -0.05) is 42.5 Å². The summed E-state index contributed by atoms with van der Waals surface area (Å²) in [7, 11) is 0. The van der Waals surface area contributed by atoms with E-state index >= 15 is 0 Å². The van der Waals surface area contributed by atoms with E-state index < -0.39 is 16.2 Å². The van der Waals surface area contributed by atoms with Crippen LogP contribution in [0.3, 0.4) is 0 Å². The van der Waals surface area contributed by atoms with Crippen LogP contribution in [0.5, 0.6) is 0 Å². The summed E-state index contributed by atoms with van der Waals surface area (Å²) in [5.41, 5.74) is 2.49. The van der Waals surface area contributed by atoms with E-state index in [0.29, 0.717) is 38.2 Å². The lowest BCUT2D eigenvalue weighted by Gasteiger charge is -2.50. The van der Waals surface area contributed by atoms with Gasteiger partial charge in [0.1, 0.15) is 5.54 Å². The van der Waals surface area contributed by atoms with E-state index in [2.05, 4.69) is 30.8 Å². The summed E-state index contributed by atoms with van der Waals surface area (Å²) in [6, 6.07) is 23.6. The van der Waals surface area contributed by atoms with Crippen molar-refractivity contribution in [2.24, 2.45) is 0 Å². The molecule has 4 aromatic rings. The Morgan fingerprint density at radius 2 is 1.67 bits per heavy atom. The molecule has 0 radical (unpaired) electrons. The molecule has 0 saturated carbocycles. The lowest BCUT2D eigenvalue weighted by atomic mass is 9.85. The van der Waals surface area contributed by atoms with Crippen molar-refractivity contribution in [1.82, 2.24) is 19.5 Å². The minimum Gasteiger partial charge on any atom is -0.617 e. The third-order valence-electron chi connectivity index (χ3n) is 8.00. The van der Waals surface area contributed by atoms with Gasteiger partial charge in [-0.3, -0.25) is 19.6 Å². The van der Waals surface area contributed by atoms with E-state index in [1.54, 1.807) is 11.1 Å². The number of amides is 2. The summed E-state index contributed by atoms with van der Waals surface area (Å²) >= 11 is 3.57. The molecule has 2 aromatic heterocycles. The lowest BCUT2D eigenvalue weighted by Crippen LogP contribution is -2.65. The normalized spacial score (nSPS) is 21.0. The number of anilines is 1. The number of nitrogens with zero attached hydrogens (tertiary/aromatic N) is 4. The van der Waals surface area contributed by atoms with Gasteiger partial charge >= 0.3 is 6.03 Å². The van der Waals surface area contributed by atoms with Crippen LogP contribution in [0.1, 0.15) is 18.5 Å². The van der Waals surface area contributed by atoms with Gasteiger partial charge in [0.05, 0.1) is 18.3 Å². The van der Waals surface area contributed by atoms with Crippen LogP contribution in [0.15, 0.2) is 101 Å². The molecule has 1 unspecified atom stereocenters. The van der Waals surface area contributed by atoms with Gasteiger partial charge in [-0.05, 0) is 51.3 Å². The van der Waals surface area contributed by atoms with Crippen LogP contribution < -0.4 is 15.0 Å². The molecular formula is C30H28BrN5O3. The van der Waals surface area contributed by atoms with Crippen LogP contribution >= 0.6 is 15.9 Å². The van der Waals surface area contributed by atoms with Crippen LogP contribution in [0.2, 0.25) is 0 Å². The second-order valence-electron chi connectivity index (χ2n) is 10.2. The highest BCUT2D eigenvalue weighted by Gasteiger charge is 2.62. The van der Waals surface area contributed by atoms with Crippen molar-refractivity contribution in [3.05, 3.63) is 117 Å². The standard InChI is InChI=1S/C30H28BrN5O3/c31-26-7-4-15-32-27(26)20-34-17-13-30(14-18-34)21-35(29(38)36(30,39)28-19-25(37)12-16-33-28)24-10-8-23(9-11-24)22-5-2-1-3-6-22/h1-12,15-16,19H,13-14,17-18,20-21H2,(H,33,37). The van der Waals surface area contributed by atoms with Crippen molar-refractivity contribution in [1.29, 1.82) is 0 Å². The zero-order chi connectivity index (χ0) is 27.0. The number of hydrogen-bond donors (Lipinski definition) is 1. The fourth-order valence-corrected chi connectivity index (χ4v) is 6.20. The van der Waals surface area contributed by atoms with Crippen LogP contribution in [-0.4, -0.2) is 46.1 Å². The number of halogens is 1. The number of piperidine rings is 1. The lowest BCUT2D eigenvalue weighted by molar-refractivity contribution is 0.0969. The highest BCUT2D eigenvalue weighted by Crippen LogP contribution is 2.46. The van der Waals surface area contributed by atoms with Gasteiger partial charge in [0, 0.05) is 61.1 Å². The van der Waals surface area contributed by atoms with Crippen LogP contribution in [0, 0.1) is 5.21 Å². The molecule has 0 aliphatic carbocycles. The number of likely N-dealkylation sites (tertiary alicyclic amines) is 1. The van der Waals surface area contributed by atoms with Crippen LogP contribution in [0.4, 0.5) is 16.3 Å². The maximum absolute atomic E-state index is 14.8. The number of pyridine rings is 2. The van der Waals surface area contributed by atoms with Crippen LogP contribution in [-0.2, 0) is 6.54 Å². The Bertz CT molecular complexity index is 1550. The summed E-state index contributed by atoms with van der Waals surface area (Å²) in [4.78, 5) is 37.6. The van der Waals surface area contributed by atoms with Gasteiger partial charge in [-0.25, -0.2) is 9.44 Å². The van der Waals surface area contributed by atoms with Crippen molar-refractivity contribution in [3.63, 3.8) is 0 Å². The number of hydrogen-bond acceptors (Lipinski definition) is 5. The number of nitrogens with one attached hydrogen (secondary N) is 1. The van der Waals surface area contributed by atoms with Crippen molar-refractivity contribution in [2.45, 2.75) is 24.9 Å². The fourth-order valence-electron chi connectivity index (χ4n) is 5.82. The molecule has 4 heterocycles. The molecule has 9 heteroatoms. The molecule has 2 fully saturated rings. The Labute approximate surface area is 234 Å². The SMILES string of the molecule is O=C1N(c2ccc(-c3ccccc3)cc2)CC2(CCN(Cc3ncccc3Br)CC2)[N+]1([O-])c1cc(=O)cc[nH]1. The number of aromatic nitrogens is 2. The maximum Gasteiger partial charge on any atom is 0.430 e. The van der Waals surface area contributed by atoms with Gasteiger partial charge in [0.15, 0.2) is 5.43 Å². The zero-order valence-electron chi connectivity index (χ0n) is 21.3. The summed E-state index contributed by atoms with van der Waals surface area (Å²) < 4.78 is -0.257. The minimum atomic E-state index is -1.20. The first kappa shape index (κ1) is 25.6. The maximum atomic E-state index is 14.8. The molecule has 2 amide bonds. The number of hydroxylamine groups is 2. The van der Waals surface area contributed by atoms with Gasteiger partial charge in [-0.15, -0.1) is 0 Å². The Morgan fingerprint density at radius 1 is 0.949 bits per heavy atom. The summed E-state index contributed by atoms with van der Waals surface area (Å²) in [5, 5.41) is 14.8. The van der Waals surface area contributed by atoms with Gasteiger partial charge in [0.25, 0.3) is 0 Å². The van der Waals surface area contributed by atoms with Crippen molar-refractivity contribution in [2.75, 3.05) is 24.5 Å². The zero-order valence-corrected chi connectivity index (χ0v) is 22.9. The first-order valence-corrected chi connectivity index (χ1v) is 13.8. The predicted molar refractivity (Wildman–Crippen MR) is 156 cm³/mol. The van der Waals surface area contributed by atoms with E-state index in [-0.39, 0.29) is 17.8 Å². The van der Waals surface area contributed by atoms with Crippen molar-refractivity contribution in [3.8, 4) is 11.1 Å². The highest BCUT2D eigenvalue weighted by molar-refractivity contribution is 9.10. The number of aromatic amines is 1. The fraction of sp³-hybridized carbons (Fsp3) is 0.233. The number of carbonyl (C=O) groups is 1. The Hall–Kier alpha value is -3.63. The van der Waals surface area contributed by atoms with E-state index in [0.717, 1.165) is 21.3 Å². The first-order valence-electron chi connectivity index (χ1n) is 13.0. The molecule has 198 valence electrons. The third-order valence-corrected chi connectivity index (χ3v) is 8.72. The van der Waals surface area contributed by atoms with Gasteiger partial charge in [0.2, 0.25) is 5.82 Å². The Balaban J connectivity index is 1.32. The summed E-state index contributed by atoms with van der Waals surface area (Å²) in [6.45, 7) is 2.20. The quantitative estimate of drug-likeness (QED) is 0.240. The molecule has 0 bridgehead atoms. The molecule has 1 spiro atoms. The first-order chi connectivity index (χ1) is 18.9. The van der Waals surface area contributed by atoms with Gasteiger partial charge in [-0.2, -0.15) is 0 Å². The molecule has 39 heavy (non-hydrogen) atoms. The molecule has 2 saturated heterocycles. The monoisotopic (exact) mass is 585 g/mol. The van der Waals surface area contributed by atoms with Crippen LogP contribution in [0.25, 0.3) is 11.1 Å². The number of urea groups is 1. The molecule has 6 rings (SSSR count). The summed E-state index contributed by atoms with van der Waals surface area (Å²) in [5.74, 6) is 0.0804. The topological polar surface area (TPSA) is 92.4 Å². The third kappa shape index (κ3) is 4.51. The number of benzene rings is 2. The molecule has 8 nitrogen and oxygen atoms in total.